The second-order valence-corrected chi connectivity index (χ2v) is 7.63. The molecule has 2 heterocycles. The van der Waals surface area contributed by atoms with Crippen LogP contribution in [0.1, 0.15) is 19.8 Å². The van der Waals surface area contributed by atoms with Gasteiger partial charge in [0.2, 0.25) is 10.0 Å². The van der Waals surface area contributed by atoms with Crippen molar-refractivity contribution in [3.05, 3.63) is 16.7 Å². The molecule has 1 aliphatic rings. The van der Waals surface area contributed by atoms with E-state index in [1.165, 1.54) is 25.1 Å². The standard InChI is InChI=1S/C12H19BrN4O2S/c1-9(17-4-2-3-5-17)7-16-20(18,19)11-6-10(13)8-15-12(11)14/h6,8-9,16H,2-5,7H2,1H3,(H2,14,15). The Kier molecular flexibility index (Phi) is 5.00. The summed E-state index contributed by atoms with van der Waals surface area (Å²) in [6.07, 6.45) is 3.83. The van der Waals surface area contributed by atoms with Crippen molar-refractivity contribution in [1.29, 1.82) is 0 Å². The zero-order valence-electron chi connectivity index (χ0n) is 11.3. The van der Waals surface area contributed by atoms with Crippen LogP contribution in [0.4, 0.5) is 5.82 Å². The smallest absolute Gasteiger partial charge is 0.244 e. The van der Waals surface area contributed by atoms with Crippen molar-refractivity contribution in [2.45, 2.75) is 30.7 Å². The second kappa shape index (κ2) is 6.38. The van der Waals surface area contributed by atoms with E-state index < -0.39 is 10.0 Å². The number of halogens is 1. The van der Waals surface area contributed by atoms with E-state index in [1.807, 2.05) is 6.92 Å². The van der Waals surface area contributed by atoms with Gasteiger partial charge in [0.05, 0.1) is 0 Å². The molecule has 1 unspecified atom stereocenters. The quantitative estimate of drug-likeness (QED) is 0.821. The fourth-order valence-electron chi connectivity index (χ4n) is 2.27. The Bertz CT molecular complexity index is 573. The summed E-state index contributed by atoms with van der Waals surface area (Å²) in [6.45, 7) is 4.46. The number of nitrogens with two attached hydrogens (primary N) is 1. The maximum Gasteiger partial charge on any atom is 0.244 e. The molecule has 1 aliphatic heterocycles. The molecule has 1 atom stereocenters. The Morgan fingerprint density at radius 3 is 2.80 bits per heavy atom. The van der Waals surface area contributed by atoms with Crippen LogP contribution < -0.4 is 10.5 Å². The molecule has 0 bridgehead atoms. The van der Waals surface area contributed by atoms with E-state index in [0.717, 1.165) is 13.1 Å². The molecule has 20 heavy (non-hydrogen) atoms. The molecule has 8 heteroatoms. The molecule has 0 radical (unpaired) electrons. The molecule has 1 aromatic heterocycles. The average molecular weight is 363 g/mol. The maximum atomic E-state index is 12.3. The van der Waals surface area contributed by atoms with Crippen molar-refractivity contribution >= 4 is 31.8 Å². The summed E-state index contributed by atoms with van der Waals surface area (Å²) in [5.41, 5.74) is 5.64. The van der Waals surface area contributed by atoms with E-state index in [1.54, 1.807) is 0 Å². The van der Waals surface area contributed by atoms with Crippen LogP contribution in [0.3, 0.4) is 0 Å². The maximum absolute atomic E-state index is 12.3. The lowest BCUT2D eigenvalue weighted by molar-refractivity contribution is 0.260. The Hall–Kier alpha value is -0.700. The van der Waals surface area contributed by atoms with Gasteiger partial charge in [-0.25, -0.2) is 18.1 Å². The van der Waals surface area contributed by atoms with Gasteiger partial charge in [0.15, 0.2) is 0 Å². The molecule has 2 rings (SSSR count). The Morgan fingerprint density at radius 1 is 1.50 bits per heavy atom. The summed E-state index contributed by atoms with van der Waals surface area (Å²) in [4.78, 5) is 6.15. The SMILES string of the molecule is CC(CNS(=O)(=O)c1cc(Br)cnc1N)N1CCCC1. The van der Waals surface area contributed by atoms with Gasteiger partial charge in [-0.2, -0.15) is 0 Å². The van der Waals surface area contributed by atoms with Crippen molar-refractivity contribution in [3.8, 4) is 0 Å². The first kappa shape index (κ1) is 15.7. The summed E-state index contributed by atoms with van der Waals surface area (Å²) < 4.78 is 27.7. The van der Waals surface area contributed by atoms with Gasteiger partial charge in [-0.1, -0.05) is 0 Å². The lowest BCUT2D eigenvalue weighted by Crippen LogP contribution is -2.40. The number of nitrogens with zero attached hydrogens (tertiary/aromatic N) is 2. The van der Waals surface area contributed by atoms with E-state index in [0.29, 0.717) is 11.0 Å². The Balaban J connectivity index is 2.05. The molecule has 6 nitrogen and oxygen atoms in total. The highest BCUT2D eigenvalue weighted by molar-refractivity contribution is 9.10. The number of sulfonamides is 1. The molecule has 112 valence electrons. The predicted molar refractivity (Wildman–Crippen MR) is 81.8 cm³/mol. The highest BCUT2D eigenvalue weighted by Gasteiger charge is 2.23. The molecule has 0 spiro atoms. The van der Waals surface area contributed by atoms with Crippen LogP contribution in [-0.2, 0) is 10.0 Å². The fraction of sp³-hybridized carbons (Fsp3) is 0.583. The van der Waals surface area contributed by atoms with Gasteiger partial charge in [-0.3, -0.25) is 4.90 Å². The van der Waals surface area contributed by atoms with E-state index in [2.05, 4.69) is 30.5 Å². The molecular weight excluding hydrogens is 344 g/mol. The summed E-state index contributed by atoms with van der Waals surface area (Å²) in [7, 11) is -3.63. The molecular formula is C12H19BrN4O2S. The third-order valence-corrected chi connectivity index (χ3v) is 5.36. The molecule has 1 fully saturated rings. The van der Waals surface area contributed by atoms with E-state index >= 15 is 0 Å². The zero-order valence-corrected chi connectivity index (χ0v) is 13.7. The molecule has 0 amide bonds. The molecule has 1 saturated heterocycles. The highest BCUT2D eigenvalue weighted by atomic mass is 79.9. The van der Waals surface area contributed by atoms with Crippen LogP contribution in [0.5, 0.6) is 0 Å². The monoisotopic (exact) mass is 362 g/mol. The molecule has 3 N–H and O–H groups in total. The lowest BCUT2D eigenvalue weighted by Gasteiger charge is -2.23. The Labute approximate surface area is 127 Å². The van der Waals surface area contributed by atoms with Crippen LogP contribution in [0.2, 0.25) is 0 Å². The number of likely N-dealkylation sites (tertiary alicyclic amines) is 1. The van der Waals surface area contributed by atoms with Gasteiger partial charge in [-0.15, -0.1) is 0 Å². The number of hydrogen-bond donors (Lipinski definition) is 2. The van der Waals surface area contributed by atoms with Crippen molar-refractivity contribution in [3.63, 3.8) is 0 Å². The molecule has 1 aromatic rings. The Morgan fingerprint density at radius 2 is 2.15 bits per heavy atom. The fourth-order valence-corrected chi connectivity index (χ4v) is 3.98. The summed E-state index contributed by atoms with van der Waals surface area (Å²) in [5, 5.41) is 0. The topological polar surface area (TPSA) is 88.3 Å². The first-order valence-electron chi connectivity index (χ1n) is 6.55. The average Bonchev–Trinajstić information content (AvgIpc) is 2.93. The predicted octanol–water partition coefficient (Wildman–Crippen LogP) is 1.19. The van der Waals surface area contributed by atoms with Crippen molar-refractivity contribution < 1.29 is 8.42 Å². The summed E-state index contributed by atoms with van der Waals surface area (Å²) in [5.74, 6) is 0.00882. The molecule has 0 saturated carbocycles. The van der Waals surface area contributed by atoms with Crippen molar-refractivity contribution in [2.24, 2.45) is 0 Å². The third kappa shape index (κ3) is 3.69. The number of rotatable bonds is 5. The van der Waals surface area contributed by atoms with Gasteiger partial charge >= 0.3 is 0 Å². The van der Waals surface area contributed by atoms with E-state index in [-0.39, 0.29) is 16.8 Å². The number of aromatic nitrogens is 1. The first-order valence-corrected chi connectivity index (χ1v) is 8.82. The number of nitrogens with one attached hydrogen (secondary N) is 1. The van der Waals surface area contributed by atoms with E-state index in [4.69, 9.17) is 5.73 Å². The third-order valence-electron chi connectivity index (χ3n) is 3.47. The second-order valence-electron chi connectivity index (χ2n) is 4.98. The number of anilines is 1. The van der Waals surface area contributed by atoms with Crippen LogP contribution in [0.15, 0.2) is 21.6 Å². The highest BCUT2D eigenvalue weighted by Crippen LogP contribution is 2.20. The van der Waals surface area contributed by atoms with Crippen LogP contribution in [0, 0.1) is 0 Å². The molecule has 0 aliphatic carbocycles. The van der Waals surface area contributed by atoms with Gasteiger partial charge < -0.3 is 5.73 Å². The van der Waals surface area contributed by atoms with E-state index in [9.17, 15) is 8.42 Å². The molecule has 0 aromatic carbocycles. The number of nitrogen functional groups attached to an aromatic ring is 1. The number of hydrogen-bond acceptors (Lipinski definition) is 5. The number of pyridine rings is 1. The minimum absolute atomic E-state index is 0.00882. The van der Waals surface area contributed by atoms with Crippen LogP contribution in [0.25, 0.3) is 0 Å². The van der Waals surface area contributed by atoms with Crippen molar-refractivity contribution in [2.75, 3.05) is 25.4 Å². The zero-order chi connectivity index (χ0) is 14.8. The van der Waals surface area contributed by atoms with Gasteiger partial charge in [0, 0.05) is 23.3 Å². The first-order chi connectivity index (χ1) is 9.40. The largest absolute Gasteiger partial charge is 0.383 e. The van der Waals surface area contributed by atoms with Crippen molar-refractivity contribution in [1.82, 2.24) is 14.6 Å². The lowest BCUT2D eigenvalue weighted by atomic mass is 10.3. The summed E-state index contributed by atoms with van der Waals surface area (Å²) in [6, 6.07) is 1.64. The minimum Gasteiger partial charge on any atom is -0.383 e. The normalized spacial score (nSPS) is 18.3. The summed E-state index contributed by atoms with van der Waals surface area (Å²) >= 11 is 3.20. The van der Waals surface area contributed by atoms with Crippen LogP contribution >= 0.6 is 15.9 Å². The van der Waals surface area contributed by atoms with Crippen LogP contribution in [-0.4, -0.2) is 44.0 Å². The minimum atomic E-state index is -3.63. The van der Waals surface area contributed by atoms with Gasteiger partial charge in [0.25, 0.3) is 0 Å². The van der Waals surface area contributed by atoms with Gasteiger partial charge in [0.1, 0.15) is 10.7 Å². The van der Waals surface area contributed by atoms with Gasteiger partial charge in [-0.05, 0) is 54.9 Å².